The second-order valence-corrected chi connectivity index (χ2v) is 4.90. The van der Waals surface area contributed by atoms with Crippen molar-refractivity contribution in [2.45, 2.75) is 6.92 Å². The molecule has 1 amide bonds. The van der Waals surface area contributed by atoms with Crippen molar-refractivity contribution < 1.29 is 9.18 Å². The van der Waals surface area contributed by atoms with E-state index in [9.17, 15) is 9.18 Å². The molecular weight excluding hydrogens is 297 g/mol. The number of nitrogens with two attached hydrogens (primary N) is 1. The zero-order valence-corrected chi connectivity index (χ0v) is 11.3. The minimum Gasteiger partial charge on any atom is -0.366 e. The Morgan fingerprint density at radius 3 is 2.56 bits per heavy atom. The number of carbonyl (C=O) groups excluding carboxylic acids is 1. The monoisotopic (exact) mass is 307 g/mol. The first kappa shape index (κ1) is 12.8. The van der Waals surface area contributed by atoms with E-state index in [-0.39, 0.29) is 5.82 Å². The number of hydrogen-bond donors (Lipinski definition) is 1. The van der Waals surface area contributed by atoms with Crippen LogP contribution in [0.25, 0.3) is 11.1 Å². The lowest BCUT2D eigenvalue weighted by Gasteiger charge is -2.07. The van der Waals surface area contributed by atoms with E-state index in [0.29, 0.717) is 21.2 Å². The lowest BCUT2D eigenvalue weighted by atomic mass is 10.0. The van der Waals surface area contributed by atoms with Crippen LogP contribution in [0.2, 0.25) is 0 Å². The summed E-state index contributed by atoms with van der Waals surface area (Å²) in [6, 6.07) is 9.99. The lowest BCUT2D eigenvalue weighted by molar-refractivity contribution is 0.0999. The predicted molar refractivity (Wildman–Crippen MR) is 72.8 cm³/mol. The van der Waals surface area contributed by atoms with Crippen LogP contribution in [0.4, 0.5) is 4.39 Å². The van der Waals surface area contributed by atoms with E-state index in [1.165, 1.54) is 6.07 Å². The normalized spacial score (nSPS) is 10.4. The fourth-order valence-corrected chi connectivity index (χ4v) is 2.18. The number of primary amides is 1. The van der Waals surface area contributed by atoms with Crippen molar-refractivity contribution in [3.63, 3.8) is 0 Å². The van der Waals surface area contributed by atoms with E-state index in [4.69, 9.17) is 5.73 Å². The molecule has 2 aromatic carbocycles. The molecular formula is C14H11BrFNO. The van der Waals surface area contributed by atoms with Gasteiger partial charge in [0.05, 0.1) is 5.56 Å². The number of benzene rings is 2. The number of halogens is 2. The predicted octanol–water partition coefficient (Wildman–Crippen LogP) is 3.66. The van der Waals surface area contributed by atoms with Gasteiger partial charge in [0.15, 0.2) is 0 Å². The van der Waals surface area contributed by atoms with Crippen molar-refractivity contribution in [3.05, 3.63) is 57.8 Å². The Hall–Kier alpha value is -1.68. The fourth-order valence-electron chi connectivity index (χ4n) is 1.74. The zero-order chi connectivity index (χ0) is 13.3. The summed E-state index contributed by atoms with van der Waals surface area (Å²) in [5.74, 6) is -0.857. The highest BCUT2D eigenvalue weighted by Gasteiger charge is 2.10. The van der Waals surface area contributed by atoms with Crippen LogP contribution in [0.3, 0.4) is 0 Å². The number of hydrogen-bond acceptors (Lipinski definition) is 1. The van der Waals surface area contributed by atoms with Gasteiger partial charge in [-0.25, -0.2) is 4.39 Å². The largest absolute Gasteiger partial charge is 0.366 e. The molecule has 0 unspecified atom stereocenters. The Kier molecular flexibility index (Phi) is 3.48. The third-order valence-corrected chi connectivity index (χ3v) is 3.36. The van der Waals surface area contributed by atoms with E-state index in [1.807, 2.05) is 13.0 Å². The van der Waals surface area contributed by atoms with Crippen LogP contribution in [0.5, 0.6) is 0 Å². The Bertz CT molecular complexity index is 625. The highest BCUT2D eigenvalue weighted by Crippen LogP contribution is 2.27. The fraction of sp³-hybridized carbons (Fsp3) is 0.0714. The van der Waals surface area contributed by atoms with Gasteiger partial charge in [-0.2, -0.15) is 0 Å². The summed E-state index contributed by atoms with van der Waals surface area (Å²) in [7, 11) is 0. The van der Waals surface area contributed by atoms with Gasteiger partial charge in [-0.1, -0.05) is 18.2 Å². The second-order valence-electron chi connectivity index (χ2n) is 4.04. The standard InChI is InChI=1S/C14H11BrFNO/c1-8-2-4-10(13(16)6-8)9-3-5-12(15)11(7-9)14(17)18/h2-7H,1H3,(H2,17,18). The van der Waals surface area contributed by atoms with E-state index in [1.54, 1.807) is 24.3 Å². The molecule has 0 aliphatic carbocycles. The lowest BCUT2D eigenvalue weighted by Crippen LogP contribution is -2.11. The highest BCUT2D eigenvalue weighted by molar-refractivity contribution is 9.10. The molecule has 2 aromatic rings. The van der Waals surface area contributed by atoms with Crippen LogP contribution < -0.4 is 5.73 Å². The summed E-state index contributed by atoms with van der Waals surface area (Å²) in [4.78, 5) is 11.2. The third kappa shape index (κ3) is 2.43. The number of carbonyl (C=O) groups is 1. The van der Waals surface area contributed by atoms with Gasteiger partial charge in [0, 0.05) is 10.0 Å². The topological polar surface area (TPSA) is 43.1 Å². The Labute approximate surface area is 113 Å². The van der Waals surface area contributed by atoms with Gasteiger partial charge >= 0.3 is 0 Å². The van der Waals surface area contributed by atoms with Crippen LogP contribution in [-0.4, -0.2) is 5.91 Å². The number of aryl methyl sites for hydroxylation is 1. The summed E-state index contributed by atoms with van der Waals surface area (Å²) in [6.07, 6.45) is 0. The molecule has 92 valence electrons. The summed E-state index contributed by atoms with van der Waals surface area (Å²) >= 11 is 3.24. The Balaban J connectivity index is 2.58. The number of amides is 1. The molecule has 2 rings (SSSR count). The molecule has 0 heterocycles. The zero-order valence-electron chi connectivity index (χ0n) is 9.71. The molecule has 0 saturated heterocycles. The van der Waals surface area contributed by atoms with Gasteiger partial charge in [0.25, 0.3) is 0 Å². The van der Waals surface area contributed by atoms with Crippen molar-refractivity contribution >= 4 is 21.8 Å². The van der Waals surface area contributed by atoms with E-state index in [2.05, 4.69) is 15.9 Å². The average Bonchev–Trinajstić information content (AvgIpc) is 2.30. The molecule has 0 bridgehead atoms. The van der Waals surface area contributed by atoms with Crippen molar-refractivity contribution in [1.29, 1.82) is 0 Å². The van der Waals surface area contributed by atoms with Crippen molar-refractivity contribution in [2.24, 2.45) is 5.73 Å². The van der Waals surface area contributed by atoms with Crippen LogP contribution in [0, 0.1) is 12.7 Å². The Morgan fingerprint density at radius 1 is 1.22 bits per heavy atom. The van der Waals surface area contributed by atoms with Crippen molar-refractivity contribution in [1.82, 2.24) is 0 Å². The van der Waals surface area contributed by atoms with E-state index in [0.717, 1.165) is 5.56 Å². The summed E-state index contributed by atoms with van der Waals surface area (Å²) < 4.78 is 14.4. The van der Waals surface area contributed by atoms with Gasteiger partial charge in [0.2, 0.25) is 5.91 Å². The van der Waals surface area contributed by atoms with Crippen molar-refractivity contribution in [2.75, 3.05) is 0 Å². The van der Waals surface area contributed by atoms with Gasteiger partial charge in [-0.05, 0) is 52.2 Å². The number of rotatable bonds is 2. The van der Waals surface area contributed by atoms with Crippen LogP contribution in [-0.2, 0) is 0 Å². The van der Waals surface area contributed by atoms with Crippen LogP contribution in [0.15, 0.2) is 40.9 Å². The van der Waals surface area contributed by atoms with Gasteiger partial charge in [0.1, 0.15) is 5.82 Å². The molecule has 4 heteroatoms. The van der Waals surface area contributed by atoms with Gasteiger partial charge in [-0.3, -0.25) is 4.79 Å². The molecule has 0 aromatic heterocycles. The van der Waals surface area contributed by atoms with Gasteiger partial charge in [-0.15, -0.1) is 0 Å². The summed E-state index contributed by atoms with van der Waals surface area (Å²) in [6.45, 7) is 1.82. The molecule has 18 heavy (non-hydrogen) atoms. The van der Waals surface area contributed by atoms with Crippen LogP contribution >= 0.6 is 15.9 Å². The molecule has 0 aliphatic rings. The van der Waals surface area contributed by atoms with Crippen molar-refractivity contribution in [3.8, 4) is 11.1 Å². The molecule has 2 nitrogen and oxygen atoms in total. The second kappa shape index (κ2) is 4.90. The van der Waals surface area contributed by atoms with E-state index >= 15 is 0 Å². The molecule has 0 spiro atoms. The molecule has 0 aliphatic heterocycles. The summed E-state index contributed by atoms with van der Waals surface area (Å²) in [5.41, 5.74) is 7.54. The highest BCUT2D eigenvalue weighted by atomic mass is 79.9. The molecule has 2 N–H and O–H groups in total. The average molecular weight is 308 g/mol. The first-order valence-corrected chi connectivity index (χ1v) is 6.14. The first-order valence-electron chi connectivity index (χ1n) is 5.35. The minimum atomic E-state index is -0.545. The maximum Gasteiger partial charge on any atom is 0.249 e. The third-order valence-electron chi connectivity index (χ3n) is 2.67. The van der Waals surface area contributed by atoms with Gasteiger partial charge < -0.3 is 5.73 Å². The minimum absolute atomic E-state index is 0.312. The maximum absolute atomic E-state index is 13.8. The SMILES string of the molecule is Cc1ccc(-c2ccc(Br)c(C(N)=O)c2)c(F)c1. The van der Waals surface area contributed by atoms with Crippen LogP contribution in [0.1, 0.15) is 15.9 Å². The Morgan fingerprint density at radius 2 is 1.94 bits per heavy atom. The molecule has 0 radical (unpaired) electrons. The first-order chi connectivity index (χ1) is 8.49. The van der Waals surface area contributed by atoms with E-state index < -0.39 is 5.91 Å². The molecule has 0 fully saturated rings. The molecule has 0 atom stereocenters. The maximum atomic E-state index is 13.8. The quantitative estimate of drug-likeness (QED) is 0.904. The molecule has 0 saturated carbocycles. The smallest absolute Gasteiger partial charge is 0.249 e. The summed E-state index contributed by atoms with van der Waals surface area (Å²) in [5, 5.41) is 0.